The van der Waals surface area contributed by atoms with Crippen molar-refractivity contribution in [1.82, 2.24) is 0 Å². The minimum Gasteiger partial charge on any atom is -0.327 e. The normalized spacial score (nSPS) is 45.4. The minimum atomic E-state index is 0.0937. The fourth-order valence-electron chi connectivity index (χ4n) is 1.89. The van der Waals surface area contributed by atoms with Crippen LogP contribution in [0.1, 0.15) is 26.7 Å². The summed E-state index contributed by atoms with van der Waals surface area (Å²) in [5, 5.41) is 0. The van der Waals surface area contributed by atoms with Crippen molar-refractivity contribution in [2.45, 2.75) is 32.7 Å². The molecular weight excluding hydrogens is 138 g/mol. The first kappa shape index (κ1) is 8.72. The van der Waals surface area contributed by atoms with E-state index in [0.29, 0.717) is 11.8 Å². The highest BCUT2D eigenvalue weighted by Gasteiger charge is 2.32. The zero-order valence-electron chi connectivity index (χ0n) is 7.29. The summed E-state index contributed by atoms with van der Waals surface area (Å²) in [6.07, 6.45) is 3.36. The van der Waals surface area contributed by atoms with Gasteiger partial charge >= 0.3 is 0 Å². The maximum atomic E-state index is 10.6. The van der Waals surface area contributed by atoms with Crippen LogP contribution < -0.4 is 5.73 Å². The summed E-state index contributed by atoms with van der Waals surface area (Å²) < 4.78 is 0. The van der Waals surface area contributed by atoms with Crippen LogP contribution in [-0.4, -0.2) is 12.3 Å². The van der Waals surface area contributed by atoms with E-state index in [1.54, 1.807) is 0 Å². The first-order valence-electron chi connectivity index (χ1n) is 4.37. The lowest BCUT2D eigenvalue weighted by molar-refractivity contribution is -0.114. The van der Waals surface area contributed by atoms with Gasteiger partial charge in [0.05, 0.1) is 0 Å². The summed E-state index contributed by atoms with van der Waals surface area (Å²) in [6.45, 7) is 4.25. The van der Waals surface area contributed by atoms with Gasteiger partial charge in [-0.1, -0.05) is 13.8 Å². The number of rotatable bonds is 1. The molecule has 2 nitrogen and oxygen atoms in total. The van der Waals surface area contributed by atoms with Crippen LogP contribution in [0.5, 0.6) is 0 Å². The Labute approximate surface area is 68.2 Å². The molecule has 64 valence electrons. The average molecular weight is 155 g/mol. The Morgan fingerprint density at radius 2 is 1.82 bits per heavy atom. The lowest BCUT2D eigenvalue weighted by Gasteiger charge is -2.35. The van der Waals surface area contributed by atoms with Gasteiger partial charge in [0.15, 0.2) is 0 Å². The van der Waals surface area contributed by atoms with E-state index in [1.807, 2.05) is 0 Å². The van der Waals surface area contributed by atoms with Crippen LogP contribution in [0, 0.1) is 17.8 Å². The number of hydrogen-bond donors (Lipinski definition) is 1. The van der Waals surface area contributed by atoms with Crippen molar-refractivity contribution in [3.63, 3.8) is 0 Å². The summed E-state index contributed by atoms with van der Waals surface area (Å²) in [5.74, 6) is 1.10. The third-order valence-electron chi connectivity index (χ3n) is 2.99. The minimum absolute atomic E-state index is 0.0937. The van der Waals surface area contributed by atoms with E-state index in [9.17, 15) is 4.79 Å². The predicted octanol–water partition coefficient (Wildman–Crippen LogP) is 1.19. The molecule has 1 fully saturated rings. The van der Waals surface area contributed by atoms with Gasteiger partial charge in [-0.3, -0.25) is 0 Å². The second-order valence-corrected chi connectivity index (χ2v) is 3.82. The molecule has 0 spiro atoms. The monoisotopic (exact) mass is 155 g/mol. The van der Waals surface area contributed by atoms with E-state index in [-0.39, 0.29) is 12.0 Å². The Balaban J connectivity index is 2.62. The maximum Gasteiger partial charge on any atom is 0.124 e. The van der Waals surface area contributed by atoms with Crippen molar-refractivity contribution >= 4 is 6.29 Å². The summed E-state index contributed by atoms with van der Waals surface area (Å²) in [6, 6.07) is 0.0937. The Morgan fingerprint density at radius 1 is 1.27 bits per heavy atom. The average Bonchev–Trinajstić information content (AvgIpc) is 1.99. The van der Waals surface area contributed by atoms with Gasteiger partial charge in [0, 0.05) is 12.0 Å². The SMILES string of the molecule is CC1CCC(C)C(C=O)C1N. The van der Waals surface area contributed by atoms with Gasteiger partial charge in [0.25, 0.3) is 0 Å². The van der Waals surface area contributed by atoms with Gasteiger partial charge in [0.2, 0.25) is 0 Å². The summed E-state index contributed by atoms with van der Waals surface area (Å²) in [7, 11) is 0. The fourth-order valence-corrected chi connectivity index (χ4v) is 1.89. The van der Waals surface area contributed by atoms with E-state index >= 15 is 0 Å². The van der Waals surface area contributed by atoms with Crippen LogP contribution in [0.3, 0.4) is 0 Å². The van der Waals surface area contributed by atoms with Crippen LogP contribution in [0.4, 0.5) is 0 Å². The van der Waals surface area contributed by atoms with Crippen LogP contribution >= 0.6 is 0 Å². The van der Waals surface area contributed by atoms with Gasteiger partial charge < -0.3 is 10.5 Å². The first-order chi connectivity index (χ1) is 5.16. The molecule has 1 aliphatic rings. The second kappa shape index (κ2) is 3.35. The zero-order valence-corrected chi connectivity index (χ0v) is 7.29. The van der Waals surface area contributed by atoms with Crippen molar-refractivity contribution in [3.05, 3.63) is 0 Å². The number of carbonyl (C=O) groups is 1. The molecule has 0 aromatic heterocycles. The van der Waals surface area contributed by atoms with Crippen LogP contribution in [0.2, 0.25) is 0 Å². The maximum absolute atomic E-state index is 10.6. The first-order valence-corrected chi connectivity index (χ1v) is 4.37. The topological polar surface area (TPSA) is 43.1 Å². The van der Waals surface area contributed by atoms with E-state index in [2.05, 4.69) is 13.8 Å². The summed E-state index contributed by atoms with van der Waals surface area (Å²) in [5.41, 5.74) is 5.89. The second-order valence-electron chi connectivity index (χ2n) is 3.82. The van der Waals surface area contributed by atoms with Gasteiger partial charge in [0.1, 0.15) is 6.29 Å². The Hall–Kier alpha value is -0.370. The van der Waals surface area contributed by atoms with E-state index in [4.69, 9.17) is 5.73 Å². The number of carbonyl (C=O) groups excluding carboxylic acids is 1. The molecule has 1 aliphatic carbocycles. The van der Waals surface area contributed by atoms with Crippen molar-refractivity contribution in [2.75, 3.05) is 0 Å². The van der Waals surface area contributed by atoms with Gasteiger partial charge in [-0.2, -0.15) is 0 Å². The lowest BCUT2D eigenvalue weighted by Crippen LogP contribution is -2.44. The summed E-state index contributed by atoms with van der Waals surface area (Å²) >= 11 is 0. The zero-order chi connectivity index (χ0) is 8.43. The number of hydrogen-bond acceptors (Lipinski definition) is 2. The van der Waals surface area contributed by atoms with E-state index in [0.717, 1.165) is 12.7 Å². The van der Waals surface area contributed by atoms with Crippen LogP contribution in [0.25, 0.3) is 0 Å². The summed E-state index contributed by atoms with van der Waals surface area (Å²) in [4.78, 5) is 10.6. The largest absolute Gasteiger partial charge is 0.327 e. The molecule has 0 bridgehead atoms. The highest BCUT2D eigenvalue weighted by atomic mass is 16.1. The molecule has 4 atom stereocenters. The van der Waals surface area contributed by atoms with Crippen molar-refractivity contribution in [2.24, 2.45) is 23.5 Å². The molecule has 4 unspecified atom stereocenters. The smallest absolute Gasteiger partial charge is 0.124 e. The molecule has 11 heavy (non-hydrogen) atoms. The van der Waals surface area contributed by atoms with Crippen LogP contribution in [-0.2, 0) is 4.79 Å². The standard InChI is InChI=1S/C9H17NO/c1-6-3-4-7(2)9(10)8(6)5-11/h5-9H,3-4,10H2,1-2H3. The molecule has 2 N–H and O–H groups in total. The molecule has 0 aliphatic heterocycles. The molecular formula is C9H17NO. The predicted molar refractivity (Wildman–Crippen MR) is 45.1 cm³/mol. The molecule has 0 amide bonds. The third-order valence-corrected chi connectivity index (χ3v) is 2.99. The van der Waals surface area contributed by atoms with E-state index in [1.165, 1.54) is 6.42 Å². The van der Waals surface area contributed by atoms with Crippen molar-refractivity contribution < 1.29 is 4.79 Å². The van der Waals surface area contributed by atoms with Crippen molar-refractivity contribution in [3.8, 4) is 0 Å². The highest BCUT2D eigenvalue weighted by molar-refractivity contribution is 5.55. The molecule has 2 heteroatoms. The number of aldehydes is 1. The quantitative estimate of drug-likeness (QED) is 0.578. The molecule has 0 radical (unpaired) electrons. The molecule has 1 rings (SSSR count). The van der Waals surface area contributed by atoms with Gasteiger partial charge in [-0.15, -0.1) is 0 Å². The third kappa shape index (κ3) is 1.62. The van der Waals surface area contributed by atoms with Crippen LogP contribution in [0.15, 0.2) is 0 Å². The molecule has 0 saturated heterocycles. The molecule has 0 aromatic rings. The Bertz CT molecular complexity index is 146. The van der Waals surface area contributed by atoms with Gasteiger partial charge in [-0.25, -0.2) is 0 Å². The molecule has 1 saturated carbocycles. The molecule has 0 heterocycles. The van der Waals surface area contributed by atoms with E-state index < -0.39 is 0 Å². The lowest BCUT2D eigenvalue weighted by atomic mass is 9.73. The van der Waals surface area contributed by atoms with Crippen molar-refractivity contribution in [1.29, 1.82) is 0 Å². The highest BCUT2D eigenvalue weighted by Crippen LogP contribution is 2.31. The Kier molecular flexibility index (Phi) is 2.66. The van der Waals surface area contributed by atoms with Gasteiger partial charge in [-0.05, 0) is 24.7 Å². The number of nitrogens with two attached hydrogens (primary N) is 1. The Morgan fingerprint density at radius 3 is 2.27 bits per heavy atom. The fraction of sp³-hybridized carbons (Fsp3) is 0.889. The molecule has 0 aromatic carbocycles.